The highest BCUT2D eigenvalue weighted by Gasteiger charge is 2.21. The first kappa shape index (κ1) is 27.1. The highest BCUT2D eigenvalue weighted by molar-refractivity contribution is 7.18. The van der Waals surface area contributed by atoms with Gasteiger partial charge in [0, 0.05) is 50.4 Å². The van der Waals surface area contributed by atoms with Crippen molar-refractivity contribution in [3.05, 3.63) is 51.2 Å². The van der Waals surface area contributed by atoms with Gasteiger partial charge in [-0.25, -0.2) is 0 Å². The van der Waals surface area contributed by atoms with E-state index >= 15 is 0 Å². The predicted molar refractivity (Wildman–Crippen MR) is 142 cm³/mol. The fourth-order valence-electron chi connectivity index (χ4n) is 3.88. The van der Waals surface area contributed by atoms with Gasteiger partial charge in [-0.15, -0.1) is 11.3 Å². The Morgan fingerprint density at radius 1 is 1.06 bits per heavy atom. The van der Waals surface area contributed by atoms with Crippen LogP contribution in [0.1, 0.15) is 39.3 Å². The molecule has 190 valence electrons. The van der Waals surface area contributed by atoms with E-state index in [0.717, 1.165) is 31.6 Å². The molecule has 2 heterocycles. The number of likely N-dealkylation sites (N-methyl/N-ethyl adjacent to an activating group) is 2. The monoisotopic (exact) mass is 519 g/mol. The van der Waals surface area contributed by atoms with Crippen molar-refractivity contribution in [2.24, 2.45) is 0 Å². The predicted octanol–water partition coefficient (Wildman–Crippen LogP) is 2.94. The zero-order valence-corrected chi connectivity index (χ0v) is 22.1. The van der Waals surface area contributed by atoms with Gasteiger partial charge >= 0.3 is 0 Å². The molecule has 10 heteroatoms. The number of amides is 3. The van der Waals surface area contributed by atoms with Gasteiger partial charge in [-0.1, -0.05) is 11.6 Å². The molecule has 1 saturated heterocycles. The summed E-state index contributed by atoms with van der Waals surface area (Å²) in [6.45, 7) is 3.28. The van der Waals surface area contributed by atoms with Gasteiger partial charge in [-0.2, -0.15) is 0 Å². The maximum absolute atomic E-state index is 13.0. The number of rotatable bonds is 11. The van der Waals surface area contributed by atoms with Crippen LogP contribution in [0.5, 0.6) is 0 Å². The van der Waals surface area contributed by atoms with Crippen LogP contribution in [0, 0.1) is 0 Å². The molecule has 0 aliphatic carbocycles. The average molecular weight is 520 g/mol. The highest BCUT2D eigenvalue weighted by Crippen LogP contribution is 2.22. The van der Waals surface area contributed by atoms with Crippen LogP contribution in [0.4, 0.5) is 5.69 Å². The second-order valence-electron chi connectivity index (χ2n) is 9.10. The molecule has 1 aliphatic heterocycles. The minimum Gasteiger partial charge on any atom is -0.349 e. The Balaban J connectivity index is 1.63. The fourth-order valence-corrected chi connectivity index (χ4v) is 4.84. The number of carbonyl (C=O) groups is 3. The van der Waals surface area contributed by atoms with Crippen LogP contribution in [-0.4, -0.2) is 87.4 Å². The van der Waals surface area contributed by atoms with E-state index in [0.29, 0.717) is 34.3 Å². The van der Waals surface area contributed by atoms with Gasteiger partial charge < -0.3 is 25.3 Å². The number of halogens is 1. The summed E-state index contributed by atoms with van der Waals surface area (Å²) in [5.41, 5.74) is 1.32. The molecule has 1 fully saturated rings. The van der Waals surface area contributed by atoms with E-state index in [1.807, 2.05) is 33.3 Å². The Hall–Kier alpha value is -2.46. The number of nitrogens with one attached hydrogen (secondary N) is 2. The van der Waals surface area contributed by atoms with Crippen LogP contribution in [0.2, 0.25) is 4.34 Å². The normalized spacial score (nSPS) is 14.9. The van der Waals surface area contributed by atoms with Gasteiger partial charge in [-0.3, -0.25) is 14.4 Å². The van der Waals surface area contributed by atoms with Gasteiger partial charge in [0.2, 0.25) is 5.91 Å². The highest BCUT2D eigenvalue weighted by atomic mass is 35.5. The topological polar surface area (TPSA) is 85.0 Å². The van der Waals surface area contributed by atoms with Crippen molar-refractivity contribution >= 4 is 46.3 Å². The van der Waals surface area contributed by atoms with Crippen molar-refractivity contribution in [1.82, 2.24) is 20.4 Å². The van der Waals surface area contributed by atoms with Crippen LogP contribution in [0.25, 0.3) is 0 Å². The molecule has 0 saturated carbocycles. The number of anilines is 1. The van der Waals surface area contributed by atoms with Crippen molar-refractivity contribution in [1.29, 1.82) is 0 Å². The summed E-state index contributed by atoms with van der Waals surface area (Å²) in [6.07, 6.45) is 2.48. The Morgan fingerprint density at radius 3 is 2.43 bits per heavy atom. The van der Waals surface area contributed by atoms with E-state index in [4.69, 9.17) is 11.6 Å². The maximum Gasteiger partial charge on any atom is 0.261 e. The first-order valence-corrected chi connectivity index (χ1v) is 13.0. The van der Waals surface area contributed by atoms with E-state index in [9.17, 15) is 14.4 Å². The molecule has 1 aliphatic rings. The van der Waals surface area contributed by atoms with E-state index < -0.39 is 0 Å². The smallest absolute Gasteiger partial charge is 0.261 e. The Labute approximate surface area is 216 Å². The largest absolute Gasteiger partial charge is 0.349 e. The third-order valence-electron chi connectivity index (χ3n) is 5.87. The zero-order chi connectivity index (χ0) is 25.4. The number of carbonyl (C=O) groups excluding carboxylic acids is 3. The van der Waals surface area contributed by atoms with E-state index in [-0.39, 0.29) is 30.3 Å². The summed E-state index contributed by atoms with van der Waals surface area (Å²) >= 11 is 7.17. The molecule has 3 amide bonds. The van der Waals surface area contributed by atoms with E-state index in [1.54, 1.807) is 29.2 Å². The van der Waals surface area contributed by atoms with Gasteiger partial charge in [0.1, 0.15) is 0 Å². The van der Waals surface area contributed by atoms with Crippen molar-refractivity contribution in [3.8, 4) is 0 Å². The molecule has 2 N–H and O–H groups in total. The third-order valence-corrected chi connectivity index (χ3v) is 7.10. The van der Waals surface area contributed by atoms with E-state index in [2.05, 4.69) is 20.4 Å². The number of benzene rings is 1. The lowest BCUT2D eigenvalue weighted by Gasteiger charge is -2.27. The Kier molecular flexibility index (Phi) is 10.1. The standard InChI is InChI=1S/C25H34ClN5O3S/c1-29(2)14-15-30(3)17-19(16-27-25(34)21-11-12-22(26)35-21)28-24(33)18-7-9-20(10-8-18)31-13-5-4-6-23(31)32/h7-12,19H,4-6,13-17H2,1-3H3,(H,27,34)(H,28,33). The number of hydrogen-bond acceptors (Lipinski definition) is 6. The summed E-state index contributed by atoms with van der Waals surface area (Å²) in [5, 5.41) is 5.97. The van der Waals surface area contributed by atoms with Crippen LogP contribution in [-0.2, 0) is 4.79 Å². The zero-order valence-electron chi connectivity index (χ0n) is 20.6. The van der Waals surface area contributed by atoms with Gasteiger partial charge in [0.25, 0.3) is 11.8 Å². The maximum atomic E-state index is 13.0. The van der Waals surface area contributed by atoms with Gasteiger partial charge in [0.05, 0.1) is 15.3 Å². The van der Waals surface area contributed by atoms with Crippen LogP contribution >= 0.6 is 22.9 Å². The number of piperidine rings is 1. The third kappa shape index (κ3) is 8.31. The first-order valence-electron chi connectivity index (χ1n) is 11.8. The molecule has 0 bridgehead atoms. The van der Waals surface area contributed by atoms with Crippen LogP contribution in [0.15, 0.2) is 36.4 Å². The Bertz CT molecular complexity index is 1010. The minimum atomic E-state index is -0.294. The second-order valence-corrected chi connectivity index (χ2v) is 10.8. The molecule has 0 radical (unpaired) electrons. The van der Waals surface area contributed by atoms with Crippen molar-refractivity contribution in [2.75, 3.05) is 58.8 Å². The molecule has 1 atom stereocenters. The van der Waals surface area contributed by atoms with Crippen molar-refractivity contribution < 1.29 is 14.4 Å². The number of nitrogens with zero attached hydrogens (tertiary/aromatic N) is 3. The molecule has 1 aromatic heterocycles. The minimum absolute atomic E-state index is 0.122. The lowest BCUT2D eigenvalue weighted by molar-refractivity contribution is -0.119. The number of hydrogen-bond donors (Lipinski definition) is 2. The SMILES string of the molecule is CN(C)CCN(C)CC(CNC(=O)c1ccc(Cl)s1)NC(=O)c1ccc(N2CCCCC2=O)cc1. The molecule has 35 heavy (non-hydrogen) atoms. The molecule has 1 aromatic carbocycles. The molecule has 0 spiro atoms. The second kappa shape index (κ2) is 13.0. The summed E-state index contributed by atoms with van der Waals surface area (Å²) in [4.78, 5) is 44.3. The summed E-state index contributed by atoms with van der Waals surface area (Å²) in [6, 6.07) is 10.2. The quantitative estimate of drug-likeness (QED) is 0.477. The average Bonchev–Trinajstić information content (AvgIpc) is 3.28. The molecule has 1 unspecified atom stereocenters. The van der Waals surface area contributed by atoms with E-state index in [1.165, 1.54) is 11.3 Å². The molecule has 8 nitrogen and oxygen atoms in total. The lowest BCUT2D eigenvalue weighted by atomic mass is 10.1. The van der Waals surface area contributed by atoms with Gasteiger partial charge in [0.15, 0.2) is 0 Å². The van der Waals surface area contributed by atoms with Gasteiger partial charge in [-0.05, 0) is 70.4 Å². The van der Waals surface area contributed by atoms with Crippen LogP contribution < -0.4 is 15.5 Å². The molecule has 3 rings (SSSR count). The lowest BCUT2D eigenvalue weighted by Crippen LogP contribution is -2.50. The van der Waals surface area contributed by atoms with Crippen molar-refractivity contribution in [2.45, 2.75) is 25.3 Å². The summed E-state index contributed by atoms with van der Waals surface area (Å²) < 4.78 is 0.554. The summed E-state index contributed by atoms with van der Waals surface area (Å²) in [5.74, 6) is -0.314. The number of thiophene rings is 1. The molecular weight excluding hydrogens is 486 g/mol. The molecular formula is C25H34ClN5O3S. The molecule has 2 aromatic rings. The van der Waals surface area contributed by atoms with Crippen LogP contribution in [0.3, 0.4) is 0 Å². The fraction of sp³-hybridized carbons (Fsp3) is 0.480. The first-order chi connectivity index (χ1) is 16.7. The summed E-state index contributed by atoms with van der Waals surface area (Å²) in [7, 11) is 6.02. The van der Waals surface area contributed by atoms with Crippen molar-refractivity contribution in [3.63, 3.8) is 0 Å². The Morgan fingerprint density at radius 2 is 1.80 bits per heavy atom.